The van der Waals surface area contributed by atoms with Gasteiger partial charge in [0.2, 0.25) is 5.91 Å². The Labute approximate surface area is 147 Å². The van der Waals surface area contributed by atoms with Crippen molar-refractivity contribution in [1.29, 1.82) is 0 Å². The van der Waals surface area contributed by atoms with E-state index in [0.717, 1.165) is 16.7 Å². The Hall–Kier alpha value is -2.57. The van der Waals surface area contributed by atoms with Gasteiger partial charge in [-0.3, -0.25) is 4.79 Å². The number of benzene rings is 1. The van der Waals surface area contributed by atoms with Crippen molar-refractivity contribution in [3.05, 3.63) is 29.7 Å². The van der Waals surface area contributed by atoms with E-state index in [1.807, 2.05) is 36.9 Å². The van der Waals surface area contributed by atoms with Gasteiger partial charge < -0.3 is 19.5 Å². The molecule has 0 radical (unpaired) electrons. The van der Waals surface area contributed by atoms with Crippen molar-refractivity contribution >= 4 is 23.0 Å². The molecule has 7 heteroatoms. The zero-order chi connectivity index (χ0) is 18.0. The molecule has 0 aliphatic carbocycles. The number of aryl methyl sites for hydroxylation is 1. The molecule has 0 unspecified atom stereocenters. The molecule has 1 saturated heterocycles. The van der Waals surface area contributed by atoms with Crippen LogP contribution >= 0.6 is 0 Å². The Balaban J connectivity index is 1.56. The minimum Gasteiger partial charge on any atom is -0.441 e. The smallest absolute Gasteiger partial charge is 0.317 e. The summed E-state index contributed by atoms with van der Waals surface area (Å²) in [6, 6.07) is 5.70. The van der Waals surface area contributed by atoms with E-state index in [2.05, 4.69) is 10.3 Å². The van der Waals surface area contributed by atoms with Gasteiger partial charge in [-0.05, 0) is 31.5 Å². The molecule has 0 spiro atoms. The highest BCUT2D eigenvalue weighted by molar-refractivity contribution is 5.81. The fourth-order valence-electron chi connectivity index (χ4n) is 2.98. The molecule has 3 rings (SSSR count). The summed E-state index contributed by atoms with van der Waals surface area (Å²) in [7, 11) is 0. The number of hydrogen-bond donors (Lipinski definition) is 1. The molecule has 0 atom stereocenters. The molecule has 2 aromatic rings. The van der Waals surface area contributed by atoms with Crippen LogP contribution in [0, 0.1) is 6.92 Å². The van der Waals surface area contributed by atoms with Crippen LogP contribution in [0.25, 0.3) is 11.1 Å². The fourth-order valence-corrected chi connectivity index (χ4v) is 2.98. The summed E-state index contributed by atoms with van der Waals surface area (Å²) < 4.78 is 5.46. The van der Waals surface area contributed by atoms with Gasteiger partial charge in [-0.1, -0.05) is 6.07 Å². The standard InChI is InChI=1S/C18H24N4O3/c1-12(2)19-18(24)22-8-6-21(7-9-22)17(23)11-14-4-5-16-15(10-14)20-13(3)25-16/h4-5,10,12H,6-9,11H2,1-3H3,(H,19,24). The Kier molecular flexibility index (Phi) is 4.92. The van der Waals surface area contributed by atoms with Gasteiger partial charge in [-0.25, -0.2) is 9.78 Å². The molecule has 1 aromatic heterocycles. The van der Waals surface area contributed by atoms with E-state index in [-0.39, 0.29) is 18.0 Å². The van der Waals surface area contributed by atoms with Crippen LogP contribution < -0.4 is 5.32 Å². The van der Waals surface area contributed by atoms with E-state index >= 15 is 0 Å². The number of rotatable bonds is 3. The van der Waals surface area contributed by atoms with E-state index in [1.54, 1.807) is 11.8 Å². The number of hydrogen-bond acceptors (Lipinski definition) is 4. The largest absolute Gasteiger partial charge is 0.441 e. The molecule has 1 N–H and O–H groups in total. The van der Waals surface area contributed by atoms with Gasteiger partial charge in [0, 0.05) is 39.1 Å². The molecular formula is C18H24N4O3. The summed E-state index contributed by atoms with van der Waals surface area (Å²) in [5.74, 6) is 0.692. The van der Waals surface area contributed by atoms with Crippen LogP contribution in [0.2, 0.25) is 0 Å². The maximum atomic E-state index is 12.5. The van der Waals surface area contributed by atoms with Crippen LogP contribution in [0.5, 0.6) is 0 Å². The minimum atomic E-state index is -0.0612. The Morgan fingerprint density at radius 3 is 2.56 bits per heavy atom. The Morgan fingerprint density at radius 2 is 1.88 bits per heavy atom. The lowest BCUT2D eigenvalue weighted by Crippen LogP contribution is -2.54. The molecular weight excluding hydrogens is 320 g/mol. The number of piperazine rings is 1. The number of amides is 3. The van der Waals surface area contributed by atoms with Gasteiger partial charge >= 0.3 is 6.03 Å². The average molecular weight is 344 g/mol. The third-order valence-electron chi connectivity index (χ3n) is 4.25. The third-order valence-corrected chi connectivity index (χ3v) is 4.25. The molecule has 1 aliphatic heterocycles. The average Bonchev–Trinajstić information content (AvgIpc) is 2.93. The van der Waals surface area contributed by atoms with Crippen molar-refractivity contribution in [1.82, 2.24) is 20.1 Å². The molecule has 1 aromatic carbocycles. The number of fused-ring (bicyclic) bond motifs is 1. The number of aromatic nitrogens is 1. The van der Waals surface area contributed by atoms with E-state index in [0.29, 0.717) is 38.5 Å². The van der Waals surface area contributed by atoms with Gasteiger partial charge in [0.25, 0.3) is 0 Å². The van der Waals surface area contributed by atoms with Crippen molar-refractivity contribution in [2.45, 2.75) is 33.2 Å². The molecule has 7 nitrogen and oxygen atoms in total. The molecule has 0 bridgehead atoms. The number of oxazole rings is 1. The fraction of sp³-hybridized carbons (Fsp3) is 0.500. The summed E-state index contributed by atoms with van der Waals surface area (Å²) in [4.78, 5) is 32.4. The molecule has 1 aliphatic rings. The van der Waals surface area contributed by atoms with Crippen LogP contribution in [0.15, 0.2) is 22.6 Å². The number of urea groups is 1. The van der Waals surface area contributed by atoms with Crippen LogP contribution in [0.4, 0.5) is 4.79 Å². The molecule has 1 fully saturated rings. The summed E-state index contributed by atoms with van der Waals surface area (Å²) >= 11 is 0. The van der Waals surface area contributed by atoms with Crippen molar-refractivity contribution in [2.24, 2.45) is 0 Å². The number of carbonyl (C=O) groups excluding carboxylic acids is 2. The van der Waals surface area contributed by atoms with Crippen LogP contribution in [0.1, 0.15) is 25.3 Å². The lowest BCUT2D eigenvalue weighted by atomic mass is 10.1. The number of carbonyl (C=O) groups is 2. The Morgan fingerprint density at radius 1 is 1.20 bits per heavy atom. The predicted octanol–water partition coefficient (Wildman–Crippen LogP) is 1.94. The lowest BCUT2D eigenvalue weighted by Gasteiger charge is -2.35. The first-order valence-corrected chi connectivity index (χ1v) is 8.61. The van der Waals surface area contributed by atoms with Crippen LogP contribution in [-0.4, -0.2) is 58.9 Å². The summed E-state index contributed by atoms with van der Waals surface area (Å²) in [6.07, 6.45) is 0.333. The first kappa shape index (κ1) is 17.3. The monoisotopic (exact) mass is 344 g/mol. The second-order valence-corrected chi connectivity index (χ2v) is 6.68. The van der Waals surface area contributed by atoms with E-state index in [9.17, 15) is 9.59 Å². The first-order chi connectivity index (χ1) is 11.9. The Bertz CT molecular complexity index is 776. The molecule has 134 valence electrons. The van der Waals surface area contributed by atoms with Crippen molar-refractivity contribution < 1.29 is 14.0 Å². The highest BCUT2D eigenvalue weighted by Gasteiger charge is 2.24. The van der Waals surface area contributed by atoms with Gasteiger partial charge in [-0.2, -0.15) is 0 Å². The zero-order valence-electron chi connectivity index (χ0n) is 14.9. The molecule has 25 heavy (non-hydrogen) atoms. The quantitative estimate of drug-likeness (QED) is 0.923. The topological polar surface area (TPSA) is 78.7 Å². The first-order valence-electron chi connectivity index (χ1n) is 8.61. The maximum absolute atomic E-state index is 12.5. The SMILES string of the molecule is Cc1nc2cc(CC(=O)N3CCN(C(=O)NC(C)C)CC3)ccc2o1. The maximum Gasteiger partial charge on any atom is 0.317 e. The van der Waals surface area contributed by atoms with Gasteiger partial charge in [0.1, 0.15) is 5.52 Å². The van der Waals surface area contributed by atoms with Gasteiger partial charge in [0.15, 0.2) is 11.5 Å². The normalized spacial score (nSPS) is 15.0. The summed E-state index contributed by atoms with van der Waals surface area (Å²) in [5, 5.41) is 2.88. The van der Waals surface area contributed by atoms with Crippen molar-refractivity contribution in [3.63, 3.8) is 0 Å². The van der Waals surface area contributed by atoms with Crippen LogP contribution in [0.3, 0.4) is 0 Å². The van der Waals surface area contributed by atoms with E-state index < -0.39 is 0 Å². The van der Waals surface area contributed by atoms with E-state index in [1.165, 1.54) is 0 Å². The second kappa shape index (κ2) is 7.13. The van der Waals surface area contributed by atoms with Gasteiger partial charge in [0.05, 0.1) is 6.42 Å². The lowest BCUT2D eigenvalue weighted by molar-refractivity contribution is -0.131. The van der Waals surface area contributed by atoms with Gasteiger partial charge in [-0.15, -0.1) is 0 Å². The number of nitrogens with zero attached hydrogens (tertiary/aromatic N) is 3. The third kappa shape index (κ3) is 4.10. The molecule has 3 amide bonds. The zero-order valence-corrected chi connectivity index (χ0v) is 14.9. The predicted molar refractivity (Wildman–Crippen MR) is 94.3 cm³/mol. The highest BCUT2D eigenvalue weighted by atomic mass is 16.3. The summed E-state index contributed by atoms with van der Waals surface area (Å²) in [5.41, 5.74) is 2.43. The van der Waals surface area contributed by atoms with Crippen molar-refractivity contribution in [3.8, 4) is 0 Å². The van der Waals surface area contributed by atoms with Crippen molar-refractivity contribution in [2.75, 3.05) is 26.2 Å². The van der Waals surface area contributed by atoms with Crippen LogP contribution in [-0.2, 0) is 11.2 Å². The minimum absolute atomic E-state index is 0.0612. The highest BCUT2D eigenvalue weighted by Crippen LogP contribution is 2.17. The molecule has 0 saturated carbocycles. The molecule has 2 heterocycles. The second-order valence-electron chi connectivity index (χ2n) is 6.68. The van der Waals surface area contributed by atoms with E-state index in [4.69, 9.17) is 4.42 Å². The number of nitrogens with one attached hydrogen (secondary N) is 1. The summed E-state index contributed by atoms with van der Waals surface area (Å²) in [6.45, 7) is 7.93.